The zero-order valence-electron chi connectivity index (χ0n) is 16.8. The predicted octanol–water partition coefficient (Wildman–Crippen LogP) is 5.84. The molecule has 2 amide bonds. The maximum atomic E-state index is 13.4. The third kappa shape index (κ3) is 4.83. The van der Waals surface area contributed by atoms with Gasteiger partial charge in [0.25, 0.3) is 0 Å². The molecular weight excluding hydrogens is 358 g/mol. The number of carbonyl (C=O) groups excluding carboxylic acids is 1. The van der Waals surface area contributed by atoms with E-state index in [1.54, 1.807) is 4.90 Å². The quantitative estimate of drug-likeness (QED) is 0.581. The van der Waals surface area contributed by atoms with Gasteiger partial charge in [0, 0.05) is 12.2 Å². The van der Waals surface area contributed by atoms with Crippen LogP contribution < -0.4 is 5.32 Å². The summed E-state index contributed by atoms with van der Waals surface area (Å²) in [5.74, 6) is 0. The highest BCUT2D eigenvalue weighted by molar-refractivity contribution is 5.91. The maximum Gasteiger partial charge on any atom is 0.322 e. The number of carbonyl (C=O) groups is 1. The van der Waals surface area contributed by atoms with Crippen LogP contribution in [0.1, 0.15) is 34.7 Å². The first-order chi connectivity index (χ1) is 14.1. The van der Waals surface area contributed by atoms with Crippen molar-refractivity contribution in [1.29, 1.82) is 5.26 Å². The molecule has 0 aliphatic carbocycles. The van der Waals surface area contributed by atoms with Gasteiger partial charge in [-0.2, -0.15) is 5.26 Å². The molecule has 4 heteroatoms. The molecule has 0 saturated heterocycles. The topological polar surface area (TPSA) is 56.1 Å². The minimum atomic E-state index is -0.282. The van der Waals surface area contributed by atoms with Crippen molar-refractivity contribution in [2.45, 2.75) is 26.3 Å². The van der Waals surface area contributed by atoms with Gasteiger partial charge in [0.1, 0.15) is 0 Å². The molecule has 0 saturated carbocycles. The van der Waals surface area contributed by atoms with Gasteiger partial charge in [-0.05, 0) is 36.1 Å². The molecule has 29 heavy (non-hydrogen) atoms. The molecule has 146 valence electrons. The zero-order valence-corrected chi connectivity index (χ0v) is 16.8. The lowest BCUT2D eigenvalue weighted by molar-refractivity contribution is 0.199. The number of nitrogens with zero attached hydrogens (tertiary/aromatic N) is 2. The number of nitriles is 1. The van der Waals surface area contributed by atoms with Gasteiger partial charge in [0.15, 0.2) is 0 Å². The lowest BCUT2D eigenvalue weighted by atomic mass is 9.97. The van der Waals surface area contributed by atoms with Crippen LogP contribution in [-0.2, 0) is 0 Å². The Morgan fingerprint density at radius 1 is 0.897 bits per heavy atom. The monoisotopic (exact) mass is 383 g/mol. The van der Waals surface area contributed by atoms with E-state index in [9.17, 15) is 10.1 Å². The van der Waals surface area contributed by atoms with Crippen LogP contribution in [0.4, 0.5) is 10.5 Å². The highest BCUT2D eigenvalue weighted by Crippen LogP contribution is 2.30. The number of hydrogen-bond donors (Lipinski definition) is 1. The largest absolute Gasteiger partial charge is 0.322 e. The molecule has 0 aliphatic heterocycles. The number of amides is 2. The molecule has 4 nitrogen and oxygen atoms in total. The standard InChI is InChI=1S/C25H25N3O/c1-19-11-9-12-20(2)23(19)27-25(29)28(18-10-17-26)24(21-13-5-3-6-14-21)22-15-7-4-8-16-22/h3-9,11-16,24H,10,18H2,1-2H3,(H,27,29). The fourth-order valence-corrected chi connectivity index (χ4v) is 3.53. The Kier molecular flexibility index (Phi) is 6.65. The highest BCUT2D eigenvalue weighted by Gasteiger charge is 2.27. The summed E-state index contributed by atoms with van der Waals surface area (Å²) in [4.78, 5) is 15.2. The van der Waals surface area contributed by atoms with Gasteiger partial charge >= 0.3 is 6.03 Å². The van der Waals surface area contributed by atoms with Gasteiger partial charge in [0.05, 0.1) is 18.5 Å². The summed E-state index contributed by atoms with van der Waals surface area (Å²) in [6, 6.07) is 27.5. The van der Waals surface area contributed by atoms with Gasteiger partial charge < -0.3 is 10.2 Å². The molecule has 0 aromatic heterocycles. The molecular formula is C25H25N3O. The molecule has 1 N–H and O–H groups in total. The Morgan fingerprint density at radius 2 is 1.41 bits per heavy atom. The molecule has 0 radical (unpaired) electrons. The van der Waals surface area contributed by atoms with E-state index in [4.69, 9.17) is 0 Å². The van der Waals surface area contributed by atoms with Crippen LogP contribution in [0.5, 0.6) is 0 Å². The summed E-state index contributed by atoms with van der Waals surface area (Å²) in [6.07, 6.45) is 0.260. The summed E-state index contributed by atoms with van der Waals surface area (Å²) in [6.45, 7) is 4.30. The van der Waals surface area contributed by atoms with E-state index in [0.29, 0.717) is 6.54 Å². The maximum absolute atomic E-state index is 13.4. The van der Waals surface area contributed by atoms with Gasteiger partial charge in [-0.3, -0.25) is 0 Å². The van der Waals surface area contributed by atoms with Crippen LogP contribution in [0, 0.1) is 25.2 Å². The summed E-state index contributed by atoms with van der Waals surface area (Å²) >= 11 is 0. The van der Waals surface area contributed by atoms with E-state index in [1.807, 2.05) is 92.7 Å². The van der Waals surface area contributed by atoms with Crippen molar-refractivity contribution in [3.63, 3.8) is 0 Å². The number of anilines is 1. The molecule has 0 heterocycles. The third-order valence-electron chi connectivity index (χ3n) is 4.98. The van der Waals surface area contributed by atoms with Crippen LogP contribution in [0.15, 0.2) is 78.9 Å². The van der Waals surface area contributed by atoms with Crippen LogP contribution >= 0.6 is 0 Å². The van der Waals surface area contributed by atoms with Crippen molar-refractivity contribution in [1.82, 2.24) is 4.90 Å². The van der Waals surface area contributed by atoms with Gasteiger partial charge in [0.2, 0.25) is 0 Å². The predicted molar refractivity (Wildman–Crippen MR) is 117 cm³/mol. The van der Waals surface area contributed by atoms with Crippen molar-refractivity contribution in [3.05, 3.63) is 101 Å². The molecule has 3 rings (SSSR count). The van der Waals surface area contributed by atoms with E-state index in [1.165, 1.54) is 0 Å². The summed E-state index contributed by atoms with van der Waals surface area (Å²) in [7, 11) is 0. The number of urea groups is 1. The smallest absolute Gasteiger partial charge is 0.312 e. The second kappa shape index (κ2) is 9.57. The molecule has 0 atom stereocenters. The van der Waals surface area contributed by atoms with E-state index >= 15 is 0 Å². The van der Waals surface area contributed by atoms with Crippen LogP contribution in [0.2, 0.25) is 0 Å². The van der Waals surface area contributed by atoms with Crippen molar-refractivity contribution in [3.8, 4) is 6.07 Å². The minimum absolute atomic E-state index is 0.213. The van der Waals surface area contributed by atoms with Crippen LogP contribution in [0.3, 0.4) is 0 Å². The third-order valence-corrected chi connectivity index (χ3v) is 4.98. The number of rotatable bonds is 6. The Bertz CT molecular complexity index is 934. The first kappa shape index (κ1) is 20.2. The number of aryl methyl sites for hydroxylation is 2. The number of nitrogens with one attached hydrogen (secondary N) is 1. The molecule has 3 aromatic carbocycles. The Hall–Kier alpha value is -3.58. The van der Waals surface area contributed by atoms with Gasteiger partial charge in [-0.15, -0.1) is 0 Å². The Morgan fingerprint density at radius 3 is 1.90 bits per heavy atom. The molecule has 0 fully saturated rings. The fraction of sp³-hybridized carbons (Fsp3) is 0.200. The Labute approximate surface area is 172 Å². The van der Waals surface area contributed by atoms with Crippen molar-refractivity contribution in [2.24, 2.45) is 0 Å². The lowest BCUT2D eigenvalue weighted by Crippen LogP contribution is -2.39. The van der Waals surface area contributed by atoms with Gasteiger partial charge in [-0.1, -0.05) is 78.9 Å². The molecule has 0 bridgehead atoms. The molecule has 0 spiro atoms. The van der Waals surface area contributed by atoms with Crippen molar-refractivity contribution < 1.29 is 4.79 Å². The molecule has 0 aliphatic rings. The average Bonchev–Trinajstić information content (AvgIpc) is 2.75. The van der Waals surface area contributed by atoms with E-state index < -0.39 is 0 Å². The SMILES string of the molecule is Cc1cccc(C)c1NC(=O)N(CCC#N)C(c1ccccc1)c1ccccc1. The van der Waals surface area contributed by atoms with E-state index in [2.05, 4.69) is 11.4 Å². The minimum Gasteiger partial charge on any atom is -0.312 e. The second-order valence-electron chi connectivity index (χ2n) is 7.02. The molecule has 0 unspecified atom stereocenters. The number of benzene rings is 3. The second-order valence-corrected chi connectivity index (χ2v) is 7.02. The van der Waals surface area contributed by atoms with Gasteiger partial charge in [-0.25, -0.2) is 4.79 Å². The fourth-order valence-electron chi connectivity index (χ4n) is 3.53. The zero-order chi connectivity index (χ0) is 20.6. The first-order valence-electron chi connectivity index (χ1n) is 9.72. The summed E-state index contributed by atoms with van der Waals surface area (Å²) in [5, 5.41) is 12.3. The molecule has 3 aromatic rings. The van der Waals surface area contributed by atoms with E-state index in [-0.39, 0.29) is 18.5 Å². The van der Waals surface area contributed by atoms with E-state index in [0.717, 1.165) is 27.9 Å². The normalized spacial score (nSPS) is 10.4. The van der Waals surface area contributed by atoms with Crippen molar-refractivity contribution in [2.75, 3.05) is 11.9 Å². The van der Waals surface area contributed by atoms with Crippen LogP contribution in [-0.4, -0.2) is 17.5 Å². The Balaban J connectivity index is 2.02. The number of hydrogen-bond acceptors (Lipinski definition) is 2. The van der Waals surface area contributed by atoms with Crippen LogP contribution in [0.25, 0.3) is 0 Å². The lowest BCUT2D eigenvalue weighted by Gasteiger charge is -2.32. The summed E-state index contributed by atoms with van der Waals surface area (Å²) in [5.41, 5.74) is 4.85. The summed E-state index contributed by atoms with van der Waals surface area (Å²) < 4.78 is 0. The highest BCUT2D eigenvalue weighted by atomic mass is 16.2. The average molecular weight is 383 g/mol. The van der Waals surface area contributed by atoms with Crippen molar-refractivity contribution >= 4 is 11.7 Å². The number of para-hydroxylation sites is 1. The first-order valence-corrected chi connectivity index (χ1v) is 9.72.